The molecule has 0 amide bonds. The van der Waals surface area contributed by atoms with Crippen molar-refractivity contribution >= 4 is 27.5 Å². The quantitative estimate of drug-likeness (QED) is 0.561. The lowest BCUT2D eigenvalue weighted by atomic mass is 9.96. The van der Waals surface area contributed by atoms with Gasteiger partial charge in [-0.15, -0.1) is 11.6 Å². The second-order valence-corrected chi connectivity index (χ2v) is 6.23. The Morgan fingerprint density at radius 2 is 1.57 bits per heavy atom. The monoisotopic (exact) mass is 372 g/mol. The molecular weight excluding hydrogens is 358 g/mol. The Bertz CT molecular complexity index is 632. The van der Waals surface area contributed by atoms with E-state index in [9.17, 15) is 8.78 Å². The van der Waals surface area contributed by atoms with Crippen LogP contribution in [0.3, 0.4) is 0 Å². The molecule has 4 heteroatoms. The van der Waals surface area contributed by atoms with E-state index in [1.165, 1.54) is 23.3 Å². The number of hydrogen-bond acceptors (Lipinski definition) is 0. The van der Waals surface area contributed by atoms with Crippen molar-refractivity contribution in [2.75, 3.05) is 0 Å². The average Bonchev–Trinajstić information content (AvgIpc) is 2.45. The van der Waals surface area contributed by atoms with Gasteiger partial charge < -0.3 is 0 Å². The number of benzene rings is 2. The van der Waals surface area contributed by atoms with E-state index in [0.29, 0.717) is 10.0 Å². The SMILES string of the molecule is CCc1ccc(C(Cl)c2c(F)cc(Br)cc2F)cc1CC. The Morgan fingerprint density at radius 1 is 1.00 bits per heavy atom. The fourth-order valence-electron chi connectivity index (χ4n) is 2.44. The van der Waals surface area contributed by atoms with Gasteiger partial charge in [0.15, 0.2) is 0 Å². The van der Waals surface area contributed by atoms with Crippen LogP contribution in [0.2, 0.25) is 0 Å². The average molecular weight is 374 g/mol. The summed E-state index contributed by atoms with van der Waals surface area (Å²) < 4.78 is 28.4. The van der Waals surface area contributed by atoms with Crippen LogP contribution >= 0.6 is 27.5 Å². The van der Waals surface area contributed by atoms with Gasteiger partial charge in [-0.1, -0.05) is 48.0 Å². The highest BCUT2D eigenvalue weighted by Crippen LogP contribution is 2.35. The van der Waals surface area contributed by atoms with E-state index in [0.717, 1.165) is 12.8 Å². The number of aryl methyl sites for hydroxylation is 2. The Balaban J connectivity index is 2.47. The zero-order valence-electron chi connectivity index (χ0n) is 11.9. The molecule has 0 heterocycles. The van der Waals surface area contributed by atoms with Crippen molar-refractivity contribution in [2.24, 2.45) is 0 Å². The van der Waals surface area contributed by atoms with Crippen molar-refractivity contribution in [2.45, 2.75) is 32.1 Å². The van der Waals surface area contributed by atoms with Gasteiger partial charge in [0.1, 0.15) is 11.6 Å². The zero-order chi connectivity index (χ0) is 15.6. The smallest absolute Gasteiger partial charge is 0.132 e. The summed E-state index contributed by atoms with van der Waals surface area (Å²) in [6, 6.07) is 8.23. The highest BCUT2D eigenvalue weighted by molar-refractivity contribution is 9.10. The molecule has 2 aromatic rings. The molecule has 0 nitrogen and oxygen atoms in total. The van der Waals surface area contributed by atoms with Crippen LogP contribution in [-0.4, -0.2) is 0 Å². The second-order valence-electron chi connectivity index (χ2n) is 4.88. The number of hydrogen-bond donors (Lipinski definition) is 0. The van der Waals surface area contributed by atoms with Crippen molar-refractivity contribution < 1.29 is 8.78 Å². The first-order valence-electron chi connectivity index (χ1n) is 6.88. The van der Waals surface area contributed by atoms with Gasteiger partial charge in [-0.05, 0) is 41.7 Å². The highest BCUT2D eigenvalue weighted by atomic mass is 79.9. The van der Waals surface area contributed by atoms with Gasteiger partial charge in [-0.25, -0.2) is 8.78 Å². The van der Waals surface area contributed by atoms with Gasteiger partial charge in [-0.2, -0.15) is 0 Å². The molecule has 0 aliphatic rings. The molecule has 0 bridgehead atoms. The minimum absolute atomic E-state index is 0.105. The van der Waals surface area contributed by atoms with Gasteiger partial charge in [0.25, 0.3) is 0 Å². The maximum atomic E-state index is 14.0. The number of rotatable bonds is 4. The van der Waals surface area contributed by atoms with E-state index < -0.39 is 17.0 Å². The van der Waals surface area contributed by atoms with Crippen LogP contribution in [0.4, 0.5) is 8.78 Å². The molecule has 1 atom stereocenters. The normalized spacial score (nSPS) is 12.5. The van der Waals surface area contributed by atoms with Crippen LogP contribution in [0, 0.1) is 11.6 Å². The van der Waals surface area contributed by atoms with Gasteiger partial charge in [0.05, 0.1) is 5.38 Å². The molecule has 0 saturated heterocycles. The Morgan fingerprint density at radius 3 is 2.10 bits per heavy atom. The first-order valence-corrected chi connectivity index (χ1v) is 8.11. The Hall–Kier alpha value is -0.930. The van der Waals surface area contributed by atoms with Crippen LogP contribution in [-0.2, 0) is 12.8 Å². The summed E-state index contributed by atoms with van der Waals surface area (Å²) in [4.78, 5) is 0. The van der Waals surface area contributed by atoms with Gasteiger partial charge in [0, 0.05) is 10.0 Å². The molecule has 0 aromatic heterocycles. The third-order valence-electron chi connectivity index (χ3n) is 3.58. The lowest BCUT2D eigenvalue weighted by Gasteiger charge is -2.15. The van der Waals surface area contributed by atoms with Crippen molar-refractivity contribution in [1.82, 2.24) is 0 Å². The lowest BCUT2D eigenvalue weighted by Crippen LogP contribution is -2.03. The van der Waals surface area contributed by atoms with Gasteiger partial charge >= 0.3 is 0 Å². The molecule has 2 aromatic carbocycles. The van der Waals surface area contributed by atoms with E-state index in [4.69, 9.17) is 11.6 Å². The summed E-state index contributed by atoms with van der Waals surface area (Å²) in [5.41, 5.74) is 3.01. The van der Waals surface area contributed by atoms with Crippen molar-refractivity contribution in [3.05, 3.63) is 68.7 Å². The van der Waals surface area contributed by atoms with E-state index in [1.54, 1.807) is 0 Å². The summed E-state index contributed by atoms with van der Waals surface area (Å²) in [7, 11) is 0. The summed E-state index contributed by atoms with van der Waals surface area (Å²) in [5, 5.41) is -0.839. The van der Waals surface area contributed by atoms with E-state index in [-0.39, 0.29) is 5.56 Å². The molecule has 1 unspecified atom stereocenters. The summed E-state index contributed by atoms with van der Waals surface area (Å²) in [6.07, 6.45) is 1.79. The van der Waals surface area contributed by atoms with E-state index in [2.05, 4.69) is 29.8 Å². The van der Waals surface area contributed by atoms with Crippen molar-refractivity contribution in [3.8, 4) is 0 Å². The minimum atomic E-state index is -0.839. The molecule has 0 aliphatic carbocycles. The third kappa shape index (κ3) is 3.46. The third-order valence-corrected chi connectivity index (χ3v) is 4.51. The second kappa shape index (κ2) is 6.89. The lowest BCUT2D eigenvalue weighted by molar-refractivity contribution is 0.557. The Kier molecular flexibility index (Phi) is 5.39. The van der Waals surface area contributed by atoms with Crippen LogP contribution < -0.4 is 0 Å². The molecule has 0 fully saturated rings. The maximum absolute atomic E-state index is 14.0. The minimum Gasteiger partial charge on any atom is -0.206 e. The molecule has 0 radical (unpaired) electrons. The zero-order valence-corrected chi connectivity index (χ0v) is 14.2. The maximum Gasteiger partial charge on any atom is 0.132 e. The summed E-state index contributed by atoms with van der Waals surface area (Å²) in [6.45, 7) is 4.14. The topological polar surface area (TPSA) is 0 Å². The first kappa shape index (κ1) is 16.4. The summed E-state index contributed by atoms with van der Waals surface area (Å²) >= 11 is 9.39. The fraction of sp³-hybridized carbons (Fsp3) is 0.294. The predicted molar refractivity (Wildman–Crippen MR) is 87.0 cm³/mol. The molecule has 112 valence electrons. The molecule has 2 rings (SSSR count). The van der Waals surface area contributed by atoms with Gasteiger partial charge in [-0.3, -0.25) is 0 Å². The van der Waals surface area contributed by atoms with Crippen molar-refractivity contribution in [1.29, 1.82) is 0 Å². The van der Waals surface area contributed by atoms with Crippen LogP contribution in [0.15, 0.2) is 34.8 Å². The van der Waals surface area contributed by atoms with E-state index in [1.807, 2.05) is 18.2 Å². The largest absolute Gasteiger partial charge is 0.206 e. The highest BCUT2D eigenvalue weighted by Gasteiger charge is 2.21. The molecule has 0 spiro atoms. The van der Waals surface area contributed by atoms with Crippen LogP contribution in [0.5, 0.6) is 0 Å². The summed E-state index contributed by atoms with van der Waals surface area (Å²) in [5.74, 6) is -1.28. The van der Waals surface area contributed by atoms with E-state index >= 15 is 0 Å². The van der Waals surface area contributed by atoms with Crippen molar-refractivity contribution in [3.63, 3.8) is 0 Å². The number of alkyl halides is 1. The van der Waals surface area contributed by atoms with Crippen LogP contribution in [0.1, 0.15) is 41.5 Å². The molecule has 0 N–H and O–H groups in total. The molecular formula is C17H16BrClF2. The molecule has 0 aliphatic heterocycles. The van der Waals surface area contributed by atoms with Crippen LogP contribution in [0.25, 0.3) is 0 Å². The molecule has 21 heavy (non-hydrogen) atoms. The predicted octanol–water partition coefficient (Wildman–Crippen LogP) is 6.18. The Labute approximate surface area is 137 Å². The van der Waals surface area contributed by atoms with Gasteiger partial charge in [0.2, 0.25) is 0 Å². The number of halogens is 4. The molecule has 0 saturated carbocycles. The standard InChI is InChI=1S/C17H16BrClF2/c1-3-10-5-6-12(7-11(10)4-2)17(19)16-14(20)8-13(18)9-15(16)21/h5-9,17H,3-4H2,1-2H3. The first-order chi connectivity index (χ1) is 9.97. The fourth-order valence-corrected chi connectivity index (χ4v) is 3.19.